The van der Waals surface area contributed by atoms with Gasteiger partial charge in [-0.1, -0.05) is 6.92 Å². The quantitative estimate of drug-likeness (QED) is 0.700. The molecule has 90 valence electrons. The van der Waals surface area contributed by atoms with Crippen molar-refractivity contribution in [1.82, 2.24) is 9.80 Å². The van der Waals surface area contributed by atoms with E-state index in [-0.39, 0.29) is 0 Å². The van der Waals surface area contributed by atoms with Gasteiger partial charge >= 0.3 is 0 Å². The van der Waals surface area contributed by atoms with Gasteiger partial charge in [-0.15, -0.1) is 0 Å². The van der Waals surface area contributed by atoms with Crippen LogP contribution in [0.4, 0.5) is 0 Å². The predicted molar refractivity (Wildman–Crippen MR) is 63.0 cm³/mol. The summed E-state index contributed by atoms with van der Waals surface area (Å²) in [7, 11) is 3.95. The van der Waals surface area contributed by atoms with Crippen molar-refractivity contribution in [2.24, 2.45) is 5.73 Å². The molecule has 1 heterocycles. The summed E-state index contributed by atoms with van der Waals surface area (Å²) in [5, 5.41) is 0. The van der Waals surface area contributed by atoms with E-state index >= 15 is 0 Å². The summed E-state index contributed by atoms with van der Waals surface area (Å²) in [5.74, 6) is 0. The molecule has 0 aromatic heterocycles. The summed E-state index contributed by atoms with van der Waals surface area (Å²) in [6.07, 6.45) is 1.21. The van der Waals surface area contributed by atoms with E-state index in [1.54, 1.807) is 7.11 Å². The van der Waals surface area contributed by atoms with Crippen molar-refractivity contribution < 1.29 is 4.74 Å². The minimum absolute atomic E-state index is 0.387. The zero-order valence-corrected chi connectivity index (χ0v) is 10.3. The van der Waals surface area contributed by atoms with Crippen molar-refractivity contribution in [2.45, 2.75) is 25.4 Å². The number of ether oxygens (including phenoxy) is 1. The molecule has 0 radical (unpaired) electrons. The second-order valence-electron chi connectivity index (χ2n) is 4.38. The molecular formula is C11H25N3O. The Bertz CT molecular complexity index is 177. The van der Waals surface area contributed by atoms with Crippen LogP contribution in [0.25, 0.3) is 0 Å². The van der Waals surface area contributed by atoms with E-state index in [1.165, 1.54) is 6.42 Å². The minimum Gasteiger partial charge on any atom is -0.383 e. The van der Waals surface area contributed by atoms with Gasteiger partial charge in [0.15, 0.2) is 0 Å². The molecule has 2 atom stereocenters. The second-order valence-corrected chi connectivity index (χ2v) is 4.38. The van der Waals surface area contributed by atoms with E-state index in [2.05, 4.69) is 23.8 Å². The van der Waals surface area contributed by atoms with Crippen molar-refractivity contribution in [3.05, 3.63) is 0 Å². The lowest BCUT2D eigenvalue weighted by Crippen LogP contribution is -2.56. The normalized spacial score (nSPS) is 26.8. The third-order valence-electron chi connectivity index (χ3n) is 3.43. The van der Waals surface area contributed by atoms with Crippen molar-refractivity contribution in [3.63, 3.8) is 0 Å². The van der Waals surface area contributed by atoms with Gasteiger partial charge in [0, 0.05) is 45.4 Å². The third-order valence-corrected chi connectivity index (χ3v) is 3.43. The summed E-state index contributed by atoms with van der Waals surface area (Å²) >= 11 is 0. The Morgan fingerprint density at radius 1 is 1.47 bits per heavy atom. The summed E-state index contributed by atoms with van der Waals surface area (Å²) < 4.78 is 5.21. The third kappa shape index (κ3) is 3.41. The second kappa shape index (κ2) is 6.43. The van der Waals surface area contributed by atoms with E-state index < -0.39 is 0 Å². The maximum atomic E-state index is 5.78. The van der Waals surface area contributed by atoms with Crippen LogP contribution in [0.1, 0.15) is 13.3 Å². The van der Waals surface area contributed by atoms with Crippen LogP contribution in [-0.2, 0) is 4.74 Å². The zero-order chi connectivity index (χ0) is 11.3. The summed E-state index contributed by atoms with van der Waals surface area (Å²) in [6, 6.07) is 1.06. The molecule has 4 nitrogen and oxygen atoms in total. The molecule has 1 aliphatic heterocycles. The molecule has 0 bridgehead atoms. The number of nitrogens with two attached hydrogens (primary N) is 1. The van der Waals surface area contributed by atoms with Gasteiger partial charge in [0.05, 0.1) is 6.61 Å². The molecule has 2 unspecified atom stereocenters. The predicted octanol–water partition coefficient (Wildman–Crippen LogP) is -0.0139. The molecule has 15 heavy (non-hydrogen) atoms. The molecule has 1 fully saturated rings. The molecular weight excluding hydrogens is 190 g/mol. The number of piperazine rings is 1. The van der Waals surface area contributed by atoms with Crippen LogP contribution in [-0.4, -0.2) is 68.8 Å². The van der Waals surface area contributed by atoms with Gasteiger partial charge in [-0.25, -0.2) is 0 Å². The number of nitrogens with zero attached hydrogens (tertiary/aromatic N) is 2. The Morgan fingerprint density at radius 2 is 2.20 bits per heavy atom. The van der Waals surface area contributed by atoms with Crippen molar-refractivity contribution in [2.75, 3.05) is 46.9 Å². The number of hydrogen-bond donors (Lipinski definition) is 1. The van der Waals surface area contributed by atoms with Crippen LogP contribution in [0.2, 0.25) is 0 Å². The molecule has 2 N–H and O–H groups in total. The fourth-order valence-electron chi connectivity index (χ4n) is 2.26. The first kappa shape index (κ1) is 12.9. The molecule has 1 saturated heterocycles. The molecule has 4 heteroatoms. The van der Waals surface area contributed by atoms with Crippen LogP contribution in [0.15, 0.2) is 0 Å². The Kier molecular flexibility index (Phi) is 5.53. The van der Waals surface area contributed by atoms with Crippen LogP contribution in [0.3, 0.4) is 0 Å². The van der Waals surface area contributed by atoms with Gasteiger partial charge in [0.25, 0.3) is 0 Å². The number of rotatable bonds is 5. The average Bonchev–Trinajstić information content (AvgIpc) is 2.27. The average molecular weight is 215 g/mol. The maximum Gasteiger partial charge on any atom is 0.0630 e. The Morgan fingerprint density at radius 3 is 2.73 bits per heavy atom. The molecule has 1 rings (SSSR count). The van der Waals surface area contributed by atoms with Crippen LogP contribution >= 0.6 is 0 Å². The largest absolute Gasteiger partial charge is 0.383 e. The van der Waals surface area contributed by atoms with Gasteiger partial charge in [-0.3, -0.25) is 4.90 Å². The van der Waals surface area contributed by atoms with Gasteiger partial charge < -0.3 is 15.4 Å². The standard InChI is InChI=1S/C11H25N3O/c1-4-10-8-14(6-5-13(10)2)11(7-12)9-15-3/h10-11H,4-9,12H2,1-3H3. The van der Waals surface area contributed by atoms with Crippen LogP contribution < -0.4 is 5.73 Å². The summed E-state index contributed by atoms with van der Waals surface area (Å²) in [6.45, 7) is 7.05. The maximum absolute atomic E-state index is 5.78. The smallest absolute Gasteiger partial charge is 0.0630 e. The van der Waals surface area contributed by atoms with Crippen LogP contribution in [0, 0.1) is 0 Å². The van der Waals surface area contributed by atoms with Crippen molar-refractivity contribution >= 4 is 0 Å². The first-order valence-corrected chi connectivity index (χ1v) is 5.86. The highest BCUT2D eigenvalue weighted by molar-refractivity contribution is 4.83. The minimum atomic E-state index is 0.387. The SMILES string of the molecule is CCC1CN(C(CN)COC)CCN1C. The van der Waals surface area contributed by atoms with E-state index in [0.717, 1.165) is 26.2 Å². The lowest BCUT2D eigenvalue weighted by Gasteiger charge is -2.42. The first-order valence-electron chi connectivity index (χ1n) is 5.86. The molecule has 0 aromatic rings. The van der Waals surface area contributed by atoms with E-state index in [4.69, 9.17) is 10.5 Å². The molecule has 0 aliphatic carbocycles. The van der Waals surface area contributed by atoms with Gasteiger partial charge in [-0.05, 0) is 13.5 Å². The zero-order valence-electron chi connectivity index (χ0n) is 10.3. The van der Waals surface area contributed by atoms with E-state index in [1.807, 2.05) is 0 Å². The summed E-state index contributed by atoms with van der Waals surface area (Å²) in [4.78, 5) is 4.91. The highest BCUT2D eigenvalue weighted by atomic mass is 16.5. The Hall–Kier alpha value is -0.160. The summed E-state index contributed by atoms with van der Waals surface area (Å²) in [5.41, 5.74) is 5.78. The Labute approximate surface area is 93.4 Å². The lowest BCUT2D eigenvalue weighted by atomic mass is 10.1. The lowest BCUT2D eigenvalue weighted by molar-refractivity contribution is 0.0317. The van der Waals surface area contributed by atoms with Crippen molar-refractivity contribution in [3.8, 4) is 0 Å². The monoisotopic (exact) mass is 215 g/mol. The van der Waals surface area contributed by atoms with E-state index in [0.29, 0.717) is 18.6 Å². The number of likely N-dealkylation sites (N-methyl/N-ethyl adjacent to an activating group) is 1. The van der Waals surface area contributed by atoms with Gasteiger partial charge in [-0.2, -0.15) is 0 Å². The van der Waals surface area contributed by atoms with Crippen LogP contribution in [0.5, 0.6) is 0 Å². The molecule has 0 spiro atoms. The highest BCUT2D eigenvalue weighted by Gasteiger charge is 2.26. The van der Waals surface area contributed by atoms with E-state index in [9.17, 15) is 0 Å². The number of hydrogen-bond acceptors (Lipinski definition) is 4. The number of methoxy groups -OCH3 is 1. The molecule has 0 amide bonds. The topological polar surface area (TPSA) is 41.7 Å². The molecule has 0 saturated carbocycles. The molecule has 0 aromatic carbocycles. The van der Waals surface area contributed by atoms with Gasteiger partial charge in [0.2, 0.25) is 0 Å². The van der Waals surface area contributed by atoms with Crippen molar-refractivity contribution in [1.29, 1.82) is 0 Å². The van der Waals surface area contributed by atoms with Gasteiger partial charge in [0.1, 0.15) is 0 Å². The Balaban J connectivity index is 2.48. The fourth-order valence-corrected chi connectivity index (χ4v) is 2.26. The molecule has 1 aliphatic rings. The first-order chi connectivity index (χ1) is 7.22. The highest BCUT2D eigenvalue weighted by Crippen LogP contribution is 2.13. The fraction of sp³-hybridized carbons (Fsp3) is 1.00.